The standard InChI is InChI=1S/C25H27N3O3/c1-19-6-10-21(11-7-19)31-22-12-8-20(9-13-22)26-25(30)18-27-14-16-28(17-15-27)23-4-2-3-5-24(23)29/h2-13,29H,14-18H2,1H3,(H,26,30)/p+1. The van der Waals surface area contributed by atoms with Gasteiger partial charge in [-0.1, -0.05) is 29.8 Å². The Morgan fingerprint density at radius 3 is 2.23 bits per heavy atom. The van der Waals surface area contributed by atoms with E-state index >= 15 is 0 Å². The number of carbonyl (C=O) groups excluding carboxylic acids is 1. The first-order valence-electron chi connectivity index (χ1n) is 10.6. The van der Waals surface area contributed by atoms with E-state index in [4.69, 9.17) is 4.74 Å². The van der Waals surface area contributed by atoms with Crippen LogP contribution in [0.1, 0.15) is 5.56 Å². The van der Waals surface area contributed by atoms with Crippen molar-refractivity contribution >= 4 is 17.3 Å². The monoisotopic (exact) mass is 418 g/mol. The third kappa shape index (κ3) is 5.55. The van der Waals surface area contributed by atoms with Crippen LogP contribution in [-0.2, 0) is 4.79 Å². The minimum absolute atomic E-state index is 0.00166. The van der Waals surface area contributed by atoms with Gasteiger partial charge in [-0.2, -0.15) is 0 Å². The molecule has 0 bridgehead atoms. The van der Waals surface area contributed by atoms with E-state index in [1.165, 1.54) is 10.5 Å². The highest BCUT2D eigenvalue weighted by Gasteiger charge is 2.23. The fourth-order valence-corrected chi connectivity index (χ4v) is 3.75. The summed E-state index contributed by atoms with van der Waals surface area (Å²) >= 11 is 0. The molecule has 1 fully saturated rings. The number of carbonyl (C=O) groups is 1. The summed E-state index contributed by atoms with van der Waals surface area (Å²) in [7, 11) is 0. The molecule has 31 heavy (non-hydrogen) atoms. The Morgan fingerprint density at radius 2 is 1.58 bits per heavy atom. The molecule has 1 aliphatic rings. The van der Waals surface area contributed by atoms with Crippen molar-refractivity contribution in [2.75, 3.05) is 42.9 Å². The molecule has 3 aromatic carbocycles. The molecule has 3 aromatic rings. The summed E-state index contributed by atoms with van der Waals surface area (Å²) in [6.07, 6.45) is 0. The van der Waals surface area contributed by atoms with Crippen LogP contribution in [0.15, 0.2) is 72.8 Å². The second kappa shape index (κ2) is 9.53. The van der Waals surface area contributed by atoms with E-state index in [1.54, 1.807) is 6.07 Å². The zero-order valence-electron chi connectivity index (χ0n) is 17.7. The lowest BCUT2D eigenvalue weighted by atomic mass is 10.2. The summed E-state index contributed by atoms with van der Waals surface area (Å²) in [6.45, 7) is 5.79. The lowest BCUT2D eigenvalue weighted by Crippen LogP contribution is -3.15. The first kappa shape index (κ1) is 20.8. The highest BCUT2D eigenvalue weighted by molar-refractivity contribution is 5.91. The van der Waals surface area contributed by atoms with Crippen molar-refractivity contribution in [3.8, 4) is 17.2 Å². The summed E-state index contributed by atoms with van der Waals surface area (Å²) in [5.74, 6) is 1.82. The predicted molar refractivity (Wildman–Crippen MR) is 122 cm³/mol. The molecule has 1 saturated heterocycles. The number of quaternary nitrogens is 1. The minimum Gasteiger partial charge on any atom is -0.506 e. The van der Waals surface area contributed by atoms with Crippen molar-refractivity contribution in [1.82, 2.24) is 0 Å². The van der Waals surface area contributed by atoms with E-state index in [-0.39, 0.29) is 5.91 Å². The van der Waals surface area contributed by atoms with Gasteiger partial charge in [0, 0.05) is 5.69 Å². The number of benzene rings is 3. The largest absolute Gasteiger partial charge is 0.506 e. The smallest absolute Gasteiger partial charge is 0.279 e. The number of para-hydroxylation sites is 2. The number of phenolic OH excluding ortho intramolecular Hbond substituents is 1. The van der Waals surface area contributed by atoms with Crippen molar-refractivity contribution in [1.29, 1.82) is 0 Å². The van der Waals surface area contributed by atoms with E-state index in [2.05, 4.69) is 10.2 Å². The highest BCUT2D eigenvalue weighted by Crippen LogP contribution is 2.26. The van der Waals surface area contributed by atoms with Gasteiger partial charge in [0.2, 0.25) is 0 Å². The number of aromatic hydroxyl groups is 1. The lowest BCUT2D eigenvalue weighted by Gasteiger charge is -2.33. The third-order valence-corrected chi connectivity index (χ3v) is 5.50. The van der Waals surface area contributed by atoms with Gasteiger partial charge in [-0.05, 0) is 55.5 Å². The molecule has 6 nitrogen and oxygen atoms in total. The van der Waals surface area contributed by atoms with Gasteiger partial charge in [-0.15, -0.1) is 0 Å². The molecule has 0 unspecified atom stereocenters. The first-order chi connectivity index (χ1) is 15.1. The topological polar surface area (TPSA) is 66.2 Å². The van der Waals surface area contributed by atoms with E-state index in [1.807, 2.05) is 73.7 Å². The molecule has 4 rings (SSSR count). The maximum absolute atomic E-state index is 12.5. The third-order valence-electron chi connectivity index (χ3n) is 5.50. The minimum atomic E-state index is -0.00166. The zero-order valence-corrected chi connectivity index (χ0v) is 17.7. The molecule has 0 radical (unpaired) electrons. The fraction of sp³-hybridized carbons (Fsp3) is 0.240. The maximum atomic E-state index is 12.5. The number of anilines is 2. The Labute approximate surface area is 182 Å². The molecular weight excluding hydrogens is 390 g/mol. The van der Waals surface area contributed by atoms with Crippen LogP contribution in [0.5, 0.6) is 17.2 Å². The van der Waals surface area contributed by atoms with Crippen molar-refractivity contribution < 1.29 is 19.5 Å². The van der Waals surface area contributed by atoms with Crippen molar-refractivity contribution in [3.05, 3.63) is 78.4 Å². The van der Waals surface area contributed by atoms with E-state index < -0.39 is 0 Å². The molecule has 0 saturated carbocycles. The molecule has 6 heteroatoms. The van der Waals surface area contributed by atoms with Crippen LogP contribution in [0, 0.1) is 6.92 Å². The van der Waals surface area contributed by atoms with E-state index in [0.717, 1.165) is 49.1 Å². The first-order valence-corrected chi connectivity index (χ1v) is 10.6. The van der Waals surface area contributed by atoms with Crippen LogP contribution in [0.4, 0.5) is 11.4 Å². The SMILES string of the molecule is Cc1ccc(Oc2ccc(NC(=O)C[NH+]3CCN(c4ccccc4O)CC3)cc2)cc1. The van der Waals surface area contributed by atoms with Crippen molar-refractivity contribution in [3.63, 3.8) is 0 Å². The van der Waals surface area contributed by atoms with Gasteiger partial charge in [0.05, 0.1) is 31.9 Å². The summed E-state index contributed by atoms with van der Waals surface area (Å²) in [5.41, 5.74) is 2.81. The normalized spacial score (nSPS) is 14.3. The second-order valence-corrected chi connectivity index (χ2v) is 7.89. The molecule has 1 amide bonds. The average Bonchev–Trinajstić information content (AvgIpc) is 2.78. The van der Waals surface area contributed by atoms with Gasteiger partial charge in [-0.3, -0.25) is 4.79 Å². The van der Waals surface area contributed by atoms with Crippen LogP contribution in [0.3, 0.4) is 0 Å². The quantitative estimate of drug-likeness (QED) is 0.576. The summed E-state index contributed by atoms with van der Waals surface area (Å²) in [5, 5.41) is 13.0. The number of hydrogen-bond donors (Lipinski definition) is 3. The number of amides is 1. The number of nitrogens with zero attached hydrogens (tertiary/aromatic N) is 1. The van der Waals surface area contributed by atoms with Gasteiger partial charge in [-0.25, -0.2) is 0 Å². The zero-order chi connectivity index (χ0) is 21.6. The Hall–Kier alpha value is -3.51. The number of aryl methyl sites for hydroxylation is 1. The summed E-state index contributed by atoms with van der Waals surface area (Å²) in [4.78, 5) is 15.9. The molecule has 3 N–H and O–H groups in total. The second-order valence-electron chi connectivity index (χ2n) is 7.89. The molecule has 1 aliphatic heterocycles. The van der Waals surface area contributed by atoms with Gasteiger partial charge >= 0.3 is 0 Å². The van der Waals surface area contributed by atoms with Gasteiger partial charge < -0.3 is 25.0 Å². The predicted octanol–water partition coefficient (Wildman–Crippen LogP) is 2.84. The molecule has 0 spiro atoms. The Balaban J connectivity index is 1.24. The molecule has 0 aromatic heterocycles. The number of ether oxygens (including phenoxy) is 1. The Morgan fingerprint density at radius 1 is 0.968 bits per heavy atom. The van der Waals surface area contributed by atoms with Crippen LogP contribution in [0.2, 0.25) is 0 Å². The molecule has 0 aliphatic carbocycles. The molecule has 1 heterocycles. The number of hydrogen-bond acceptors (Lipinski definition) is 4. The Kier molecular flexibility index (Phi) is 6.38. The Bertz CT molecular complexity index is 1010. The number of nitrogens with one attached hydrogen (secondary N) is 2. The summed E-state index contributed by atoms with van der Waals surface area (Å²) in [6, 6.07) is 22.7. The maximum Gasteiger partial charge on any atom is 0.279 e. The number of phenols is 1. The van der Waals surface area contributed by atoms with E-state index in [0.29, 0.717) is 12.3 Å². The average molecular weight is 419 g/mol. The molecular formula is C25H28N3O3+. The van der Waals surface area contributed by atoms with E-state index in [9.17, 15) is 9.90 Å². The lowest BCUT2D eigenvalue weighted by molar-refractivity contribution is -0.892. The van der Waals surface area contributed by atoms with Crippen LogP contribution >= 0.6 is 0 Å². The highest BCUT2D eigenvalue weighted by atomic mass is 16.5. The number of rotatable bonds is 6. The number of piperazine rings is 1. The van der Waals surface area contributed by atoms with Gasteiger partial charge in [0.1, 0.15) is 17.2 Å². The van der Waals surface area contributed by atoms with Crippen molar-refractivity contribution in [2.24, 2.45) is 0 Å². The van der Waals surface area contributed by atoms with Gasteiger partial charge in [0.25, 0.3) is 5.91 Å². The fourth-order valence-electron chi connectivity index (χ4n) is 3.75. The molecule has 160 valence electrons. The van der Waals surface area contributed by atoms with Crippen LogP contribution in [-0.4, -0.2) is 43.7 Å². The molecule has 0 atom stereocenters. The van der Waals surface area contributed by atoms with Crippen LogP contribution in [0.25, 0.3) is 0 Å². The summed E-state index contributed by atoms with van der Waals surface area (Å²) < 4.78 is 5.83. The van der Waals surface area contributed by atoms with Gasteiger partial charge in [0.15, 0.2) is 6.54 Å². The van der Waals surface area contributed by atoms with Crippen LogP contribution < -0.4 is 19.9 Å². The van der Waals surface area contributed by atoms with Crippen molar-refractivity contribution in [2.45, 2.75) is 6.92 Å².